The summed E-state index contributed by atoms with van der Waals surface area (Å²) in [5.74, 6) is -0.659. The van der Waals surface area contributed by atoms with Gasteiger partial charge in [0.1, 0.15) is 11.9 Å². The Bertz CT molecular complexity index is 948. The molecule has 2 aromatic rings. The van der Waals surface area contributed by atoms with Gasteiger partial charge in [0.2, 0.25) is 15.9 Å². The molecule has 1 fully saturated rings. The monoisotopic (exact) mass is 410 g/mol. The summed E-state index contributed by atoms with van der Waals surface area (Å²) in [7, 11) is -3.78. The highest BCUT2D eigenvalue weighted by Crippen LogP contribution is 2.27. The summed E-state index contributed by atoms with van der Waals surface area (Å²) in [6, 6.07) is 9.74. The standard InChI is InChI=1S/C19H20ClFN2O3S/c1-13-11-14(4-9-17(13)21)12-22-19(24)18-3-2-10-23(18)27(25,26)16-7-5-15(20)6-8-16/h4-9,11,18H,2-3,10,12H2,1H3,(H,22,24)/t18-/m1/s1. The number of hydrogen-bond acceptors (Lipinski definition) is 3. The van der Waals surface area contributed by atoms with E-state index in [0.717, 1.165) is 5.56 Å². The van der Waals surface area contributed by atoms with Gasteiger partial charge in [0.05, 0.1) is 4.90 Å². The van der Waals surface area contributed by atoms with Crippen LogP contribution in [0.15, 0.2) is 47.4 Å². The molecule has 0 unspecified atom stereocenters. The van der Waals surface area contributed by atoms with Gasteiger partial charge in [0, 0.05) is 18.1 Å². The number of rotatable bonds is 5. The van der Waals surface area contributed by atoms with Crippen molar-refractivity contribution in [3.63, 3.8) is 0 Å². The predicted molar refractivity (Wildman–Crippen MR) is 101 cm³/mol. The molecule has 8 heteroatoms. The fourth-order valence-corrected chi connectivity index (χ4v) is 4.94. The first-order chi connectivity index (χ1) is 12.8. The third-order valence-corrected chi connectivity index (χ3v) is 6.79. The summed E-state index contributed by atoms with van der Waals surface area (Å²) in [6.07, 6.45) is 1.07. The van der Waals surface area contributed by atoms with Crippen LogP contribution in [0.5, 0.6) is 0 Å². The molecule has 0 aliphatic carbocycles. The molecular formula is C19H20ClFN2O3S. The molecule has 0 spiro atoms. The first kappa shape index (κ1) is 19.8. The van der Waals surface area contributed by atoms with Crippen molar-refractivity contribution in [2.24, 2.45) is 0 Å². The van der Waals surface area contributed by atoms with Crippen LogP contribution >= 0.6 is 11.6 Å². The maximum atomic E-state index is 13.3. The minimum absolute atomic E-state index is 0.112. The van der Waals surface area contributed by atoms with Gasteiger partial charge in [-0.2, -0.15) is 4.31 Å². The highest BCUT2D eigenvalue weighted by atomic mass is 35.5. The zero-order valence-electron chi connectivity index (χ0n) is 14.8. The predicted octanol–water partition coefficient (Wildman–Crippen LogP) is 3.26. The third-order valence-electron chi connectivity index (χ3n) is 4.62. The zero-order valence-corrected chi connectivity index (χ0v) is 16.4. The Balaban J connectivity index is 1.72. The highest BCUT2D eigenvalue weighted by molar-refractivity contribution is 7.89. The average Bonchev–Trinajstić information content (AvgIpc) is 3.13. The van der Waals surface area contributed by atoms with E-state index in [2.05, 4.69) is 5.32 Å². The number of halogens is 2. The summed E-state index contributed by atoms with van der Waals surface area (Å²) >= 11 is 5.82. The number of benzene rings is 2. The zero-order chi connectivity index (χ0) is 19.6. The summed E-state index contributed by atoms with van der Waals surface area (Å²) in [5.41, 5.74) is 1.25. The Hall–Kier alpha value is -1.96. The molecule has 1 atom stereocenters. The maximum Gasteiger partial charge on any atom is 0.243 e. The van der Waals surface area contributed by atoms with Crippen molar-refractivity contribution in [3.05, 3.63) is 64.4 Å². The minimum atomic E-state index is -3.78. The number of hydrogen-bond donors (Lipinski definition) is 1. The van der Waals surface area contributed by atoms with E-state index >= 15 is 0 Å². The van der Waals surface area contributed by atoms with Gasteiger partial charge in [-0.3, -0.25) is 4.79 Å². The van der Waals surface area contributed by atoms with E-state index in [1.165, 1.54) is 34.6 Å². The molecule has 1 heterocycles. The fraction of sp³-hybridized carbons (Fsp3) is 0.316. The molecule has 0 radical (unpaired) electrons. The Labute approximate surface area is 163 Å². The SMILES string of the molecule is Cc1cc(CNC(=O)[C@H]2CCCN2S(=O)(=O)c2ccc(Cl)cc2)ccc1F. The van der Waals surface area contributed by atoms with Crippen molar-refractivity contribution < 1.29 is 17.6 Å². The average molecular weight is 411 g/mol. The quantitative estimate of drug-likeness (QED) is 0.822. The van der Waals surface area contributed by atoms with Crippen LogP contribution in [0.1, 0.15) is 24.0 Å². The smallest absolute Gasteiger partial charge is 0.243 e. The molecule has 0 aromatic heterocycles. The van der Waals surface area contributed by atoms with Crippen molar-refractivity contribution >= 4 is 27.5 Å². The second-order valence-electron chi connectivity index (χ2n) is 6.53. The number of carbonyl (C=O) groups excluding carboxylic acids is 1. The van der Waals surface area contributed by atoms with Gasteiger partial charge in [0.25, 0.3) is 0 Å². The summed E-state index contributed by atoms with van der Waals surface area (Å²) in [4.78, 5) is 12.7. The van der Waals surface area contributed by atoms with Crippen LogP contribution in [0, 0.1) is 12.7 Å². The lowest BCUT2D eigenvalue weighted by atomic mass is 10.1. The summed E-state index contributed by atoms with van der Waals surface area (Å²) < 4.78 is 40.3. The Morgan fingerprint density at radius 1 is 1.26 bits per heavy atom. The van der Waals surface area contributed by atoms with Crippen molar-refractivity contribution in [3.8, 4) is 0 Å². The number of carbonyl (C=O) groups is 1. The number of aryl methyl sites for hydroxylation is 1. The Morgan fingerprint density at radius 3 is 2.63 bits per heavy atom. The molecule has 0 saturated carbocycles. The first-order valence-electron chi connectivity index (χ1n) is 8.59. The van der Waals surface area contributed by atoms with Crippen LogP contribution in [0.4, 0.5) is 4.39 Å². The van der Waals surface area contributed by atoms with E-state index in [-0.39, 0.29) is 23.2 Å². The van der Waals surface area contributed by atoms with E-state index in [4.69, 9.17) is 11.6 Å². The summed E-state index contributed by atoms with van der Waals surface area (Å²) in [5, 5.41) is 3.21. The van der Waals surface area contributed by atoms with E-state index < -0.39 is 16.1 Å². The molecule has 1 N–H and O–H groups in total. The van der Waals surface area contributed by atoms with Gasteiger partial charge in [-0.05, 0) is 61.2 Å². The van der Waals surface area contributed by atoms with Gasteiger partial charge in [-0.15, -0.1) is 0 Å². The van der Waals surface area contributed by atoms with E-state index in [1.54, 1.807) is 19.1 Å². The van der Waals surface area contributed by atoms with Gasteiger partial charge in [-0.1, -0.05) is 23.7 Å². The largest absolute Gasteiger partial charge is 0.351 e. The molecule has 3 rings (SSSR count). The van der Waals surface area contributed by atoms with Crippen LogP contribution in [0.25, 0.3) is 0 Å². The lowest BCUT2D eigenvalue weighted by molar-refractivity contribution is -0.124. The van der Waals surface area contributed by atoms with Crippen molar-refractivity contribution in [2.75, 3.05) is 6.54 Å². The lowest BCUT2D eigenvalue weighted by Crippen LogP contribution is -2.45. The number of sulfonamides is 1. The van der Waals surface area contributed by atoms with E-state index in [0.29, 0.717) is 30.0 Å². The minimum Gasteiger partial charge on any atom is -0.351 e. The second-order valence-corrected chi connectivity index (χ2v) is 8.86. The van der Waals surface area contributed by atoms with Crippen LogP contribution in [-0.2, 0) is 21.4 Å². The van der Waals surface area contributed by atoms with Crippen molar-refractivity contribution in [1.82, 2.24) is 9.62 Å². The van der Waals surface area contributed by atoms with Gasteiger partial charge < -0.3 is 5.32 Å². The topological polar surface area (TPSA) is 66.5 Å². The van der Waals surface area contributed by atoms with Gasteiger partial charge in [-0.25, -0.2) is 12.8 Å². The normalized spacial score (nSPS) is 17.8. The lowest BCUT2D eigenvalue weighted by Gasteiger charge is -2.23. The second kappa shape index (κ2) is 7.96. The van der Waals surface area contributed by atoms with Crippen LogP contribution in [0.2, 0.25) is 5.02 Å². The summed E-state index contributed by atoms with van der Waals surface area (Å²) in [6.45, 7) is 2.15. The Kier molecular flexibility index (Phi) is 5.83. The maximum absolute atomic E-state index is 13.3. The first-order valence-corrected chi connectivity index (χ1v) is 10.4. The highest BCUT2D eigenvalue weighted by Gasteiger charge is 2.39. The molecule has 5 nitrogen and oxygen atoms in total. The number of nitrogens with one attached hydrogen (secondary N) is 1. The molecule has 1 aliphatic heterocycles. The van der Waals surface area contributed by atoms with Crippen LogP contribution in [0.3, 0.4) is 0 Å². The number of amides is 1. The molecule has 1 saturated heterocycles. The van der Waals surface area contributed by atoms with E-state index in [9.17, 15) is 17.6 Å². The van der Waals surface area contributed by atoms with Crippen molar-refractivity contribution in [1.29, 1.82) is 0 Å². The van der Waals surface area contributed by atoms with Crippen LogP contribution in [-0.4, -0.2) is 31.2 Å². The molecule has 1 aliphatic rings. The molecule has 27 heavy (non-hydrogen) atoms. The van der Waals surface area contributed by atoms with Crippen LogP contribution < -0.4 is 5.32 Å². The molecule has 0 bridgehead atoms. The molecular weight excluding hydrogens is 391 g/mol. The molecule has 1 amide bonds. The molecule has 144 valence electrons. The van der Waals surface area contributed by atoms with E-state index in [1.807, 2.05) is 0 Å². The van der Waals surface area contributed by atoms with Gasteiger partial charge in [0.15, 0.2) is 0 Å². The third kappa shape index (κ3) is 4.31. The van der Waals surface area contributed by atoms with Gasteiger partial charge >= 0.3 is 0 Å². The Morgan fingerprint density at radius 2 is 1.96 bits per heavy atom. The number of nitrogens with zero attached hydrogens (tertiary/aromatic N) is 1. The fourth-order valence-electron chi connectivity index (χ4n) is 3.16. The van der Waals surface area contributed by atoms with Crippen molar-refractivity contribution in [2.45, 2.75) is 37.2 Å². The molecule has 2 aromatic carbocycles.